The molecule has 1 aromatic heterocycles. The van der Waals surface area contributed by atoms with Crippen LogP contribution in [0.15, 0.2) is 0 Å². The van der Waals surface area contributed by atoms with Crippen LogP contribution in [0.2, 0.25) is 0 Å². The molecule has 0 aromatic carbocycles. The third kappa shape index (κ3) is 3.77. The topological polar surface area (TPSA) is 28.2 Å². The molecule has 0 aliphatic carbocycles. The van der Waals surface area contributed by atoms with E-state index >= 15 is 0 Å². The zero-order chi connectivity index (χ0) is 13.0. The summed E-state index contributed by atoms with van der Waals surface area (Å²) in [6.07, 6.45) is 2.71. The van der Waals surface area contributed by atoms with E-state index in [2.05, 4.69) is 36.0 Å². The number of rotatable bonds is 5. The Morgan fingerprint density at radius 1 is 1.44 bits per heavy atom. The number of aromatic nitrogens is 1. The highest BCUT2D eigenvalue weighted by atomic mass is 32.1. The van der Waals surface area contributed by atoms with Gasteiger partial charge in [0.25, 0.3) is 0 Å². The Morgan fingerprint density at radius 3 is 2.83 bits per heavy atom. The first-order valence-corrected chi connectivity index (χ1v) is 7.86. The first-order valence-electron chi connectivity index (χ1n) is 7.05. The fraction of sp³-hybridized carbons (Fsp3) is 0.786. The van der Waals surface area contributed by atoms with Gasteiger partial charge in [-0.25, -0.2) is 4.98 Å². The summed E-state index contributed by atoms with van der Waals surface area (Å²) in [5.41, 5.74) is 1.20. The highest BCUT2D eigenvalue weighted by Crippen LogP contribution is 2.19. The maximum Gasteiger partial charge on any atom is 0.107 e. The normalized spacial score (nSPS) is 20.6. The Balaban J connectivity index is 1.88. The van der Waals surface area contributed by atoms with Crippen molar-refractivity contribution in [1.29, 1.82) is 0 Å². The van der Waals surface area contributed by atoms with E-state index in [1.165, 1.54) is 48.1 Å². The van der Waals surface area contributed by atoms with Crippen molar-refractivity contribution < 1.29 is 0 Å². The number of hydrogen-bond donors (Lipinski definition) is 1. The largest absolute Gasteiger partial charge is 0.316 e. The average molecular weight is 267 g/mol. The van der Waals surface area contributed by atoms with Gasteiger partial charge in [-0.05, 0) is 52.2 Å². The zero-order valence-electron chi connectivity index (χ0n) is 11.8. The van der Waals surface area contributed by atoms with Crippen molar-refractivity contribution in [2.45, 2.75) is 40.2 Å². The summed E-state index contributed by atoms with van der Waals surface area (Å²) in [5, 5.41) is 4.78. The lowest BCUT2D eigenvalue weighted by atomic mass is 9.99. The maximum atomic E-state index is 4.65. The lowest BCUT2D eigenvalue weighted by Gasteiger charge is -2.28. The van der Waals surface area contributed by atoms with Crippen molar-refractivity contribution in [3.05, 3.63) is 15.6 Å². The number of piperidine rings is 1. The van der Waals surface area contributed by atoms with Crippen molar-refractivity contribution in [3.8, 4) is 0 Å². The lowest BCUT2D eigenvalue weighted by Crippen LogP contribution is -2.38. The van der Waals surface area contributed by atoms with Crippen LogP contribution in [0.25, 0.3) is 0 Å². The van der Waals surface area contributed by atoms with Gasteiger partial charge in [-0.3, -0.25) is 4.90 Å². The predicted molar refractivity (Wildman–Crippen MR) is 78.1 cm³/mol. The second-order valence-electron chi connectivity index (χ2n) is 5.29. The van der Waals surface area contributed by atoms with Crippen LogP contribution >= 0.6 is 11.3 Å². The number of hydrogen-bond acceptors (Lipinski definition) is 4. The molecular formula is C14H25N3S. The van der Waals surface area contributed by atoms with Gasteiger partial charge in [-0.1, -0.05) is 6.92 Å². The van der Waals surface area contributed by atoms with E-state index < -0.39 is 0 Å². The van der Waals surface area contributed by atoms with Gasteiger partial charge in [0.1, 0.15) is 5.01 Å². The molecule has 1 aliphatic heterocycles. The average Bonchev–Trinajstić information content (AvgIpc) is 2.69. The maximum absolute atomic E-state index is 4.65. The van der Waals surface area contributed by atoms with E-state index in [0.717, 1.165) is 19.0 Å². The minimum atomic E-state index is 0.820. The van der Waals surface area contributed by atoms with Gasteiger partial charge < -0.3 is 5.32 Å². The molecule has 0 amide bonds. The van der Waals surface area contributed by atoms with Crippen LogP contribution in [0.3, 0.4) is 0 Å². The zero-order valence-corrected chi connectivity index (χ0v) is 12.6. The van der Waals surface area contributed by atoms with Crippen LogP contribution < -0.4 is 5.32 Å². The summed E-state index contributed by atoms with van der Waals surface area (Å²) in [6.45, 7) is 12.3. The minimum absolute atomic E-state index is 0.820. The minimum Gasteiger partial charge on any atom is -0.316 e. The Labute approximate surface area is 115 Å². The molecule has 2 heterocycles. The monoisotopic (exact) mass is 267 g/mol. The third-order valence-electron chi connectivity index (χ3n) is 3.79. The SMILES string of the molecule is CCN(Cc1nc(C)c(C)s1)CC1CCCNC1. The van der Waals surface area contributed by atoms with E-state index in [0.29, 0.717) is 0 Å². The van der Waals surface area contributed by atoms with Gasteiger partial charge in [0.05, 0.1) is 12.2 Å². The molecule has 1 aliphatic rings. The molecule has 0 radical (unpaired) electrons. The summed E-state index contributed by atoms with van der Waals surface area (Å²) in [4.78, 5) is 8.55. The molecule has 1 saturated heterocycles. The Kier molecular flexibility index (Phi) is 5.15. The van der Waals surface area contributed by atoms with Crippen molar-refractivity contribution >= 4 is 11.3 Å². The highest BCUT2D eigenvalue weighted by Gasteiger charge is 2.17. The van der Waals surface area contributed by atoms with Crippen LogP contribution in [0, 0.1) is 19.8 Å². The molecule has 1 N–H and O–H groups in total. The van der Waals surface area contributed by atoms with Crippen LogP contribution in [0.1, 0.15) is 35.3 Å². The number of nitrogens with zero attached hydrogens (tertiary/aromatic N) is 2. The summed E-state index contributed by atoms with van der Waals surface area (Å²) < 4.78 is 0. The van der Waals surface area contributed by atoms with Crippen LogP contribution in [-0.2, 0) is 6.54 Å². The fourth-order valence-electron chi connectivity index (χ4n) is 2.55. The smallest absolute Gasteiger partial charge is 0.107 e. The molecule has 4 heteroatoms. The van der Waals surface area contributed by atoms with Crippen LogP contribution in [0.5, 0.6) is 0 Å². The van der Waals surface area contributed by atoms with E-state index in [-0.39, 0.29) is 0 Å². The summed E-state index contributed by atoms with van der Waals surface area (Å²) in [6, 6.07) is 0. The quantitative estimate of drug-likeness (QED) is 0.889. The van der Waals surface area contributed by atoms with Gasteiger partial charge in [0, 0.05) is 11.4 Å². The van der Waals surface area contributed by atoms with E-state index in [1.807, 2.05) is 11.3 Å². The molecule has 0 saturated carbocycles. The Morgan fingerprint density at radius 2 is 2.28 bits per heavy atom. The van der Waals surface area contributed by atoms with E-state index in [9.17, 15) is 0 Å². The molecule has 1 unspecified atom stereocenters. The van der Waals surface area contributed by atoms with Gasteiger partial charge >= 0.3 is 0 Å². The number of thiazole rings is 1. The first-order chi connectivity index (χ1) is 8.69. The molecule has 0 bridgehead atoms. The van der Waals surface area contributed by atoms with Crippen molar-refractivity contribution in [3.63, 3.8) is 0 Å². The third-order valence-corrected chi connectivity index (χ3v) is 4.85. The lowest BCUT2D eigenvalue weighted by molar-refractivity contribution is 0.209. The predicted octanol–water partition coefficient (Wildman–Crippen LogP) is 2.58. The van der Waals surface area contributed by atoms with Gasteiger partial charge in [0.2, 0.25) is 0 Å². The van der Waals surface area contributed by atoms with Crippen molar-refractivity contribution in [1.82, 2.24) is 15.2 Å². The summed E-state index contributed by atoms with van der Waals surface area (Å²) >= 11 is 1.85. The standard InChI is InChI=1S/C14H25N3S/c1-4-17(9-13-6-5-7-15-8-13)10-14-16-11(2)12(3)18-14/h13,15H,4-10H2,1-3H3. The van der Waals surface area contributed by atoms with Gasteiger partial charge in [-0.15, -0.1) is 11.3 Å². The Bertz CT molecular complexity index is 350. The van der Waals surface area contributed by atoms with Gasteiger partial charge in [0.15, 0.2) is 0 Å². The van der Waals surface area contributed by atoms with E-state index in [1.54, 1.807) is 0 Å². The van der Waals surface area contributed by atoms with Gasteiger partial charge in [-0.2, -0.15) is 0 Å². The molecule has 2 rings (SSSR count). The molecule has 1 aromatic rings. The summed E-state index contributed by atoms with van der Waals surface area (Å²) in [5.74, 6) is 0.820. The van der Waals surface area contributed by atoms with Crippen LogP contribution in [-0.4, -0.2) is 36.1 Å². The summed E-state index contributed by atoms with van der Waals surface area (Å²) in [7, 11) is 0. The molecule has 18 heavy (non-hydrogen) atoms. The Hall–Kier alpha value is -0.450. The molecule has 102 valence electrons. The highest BCUT2D eigenvalue weighted by molar-refractivity contribution is 7.11. The molecule has 1 atom stereocenters. The molecular weight excluding hydrogens is 242 g/mol. The molecule has 3 nitrogen and oxygen atoms in total. The van der Waals surface area contributed by atoms with Crippen molar-refractivity contribution in [2.24, 2.45) is 5.92 Å². The number of nitrogens with one attached hydrogen (secondary N) is 1. The second-order valence-corrected chi connectivity index (χ2v) is 6.58. The van der Waals surface area contributed by atoms with Crippen molar-refractivity contribution in [2.75, 3.05) is 26.2 Å². The second kappa shape index (κ2) is 6.64. The molecule has 0 spiro atoms. The number of aryl methyl sites for hydroxylation is 2. The first kappa shape index (κ1) is 14.0. The molecule has 1 fully saturated rings. The van der Waals surface area contributed by atoms with Crippen LogP contribution in [0.4, 0.5) is 0 Å². The fourth-order valence-corrected chi connectivity index (χ4v) is 3.52. The van der Waals surface area contributed by atoms with E-state index in [4.69, 9.17) is 0 Å².